The molecule has 162 valence electrons. The van der Waals surface area contributed by atoms with Gasteiger partial charge in [0.1, 0.15) is 12.7 Å². The zero-order valence-corrected chi connectivity index (χ0v) is 18.4. The number of benzene rings is 1. The van der Waals surface area contributed by atoms with E-state index in [0.29, 0.717) is 17.7 Å². The lowest BCUT2D eigenvalue weighted by atomic mass is 10.2. The van der Waals surface area contributed by atoms with E-state index in [1.54, 1.807) is 11.9 Å². The first kappa shape index (κ1) is 19.3. The van der Waals surface area contributed by atoms with E-state index in [4.69, 9.17) is 4.42 Å². The molecule has 3 N–H and O–H groups in total. The fourth-order valence-electron chi connectivity index (χ4n) is 3.75. The van der Waals surface area contributed by atoms with Crippen molar-refractivity contribution in [1.82, 2.24) is 24.7 Å². The minimum absolute atomic E-state index is 0.554. The van der Waals surface area contributed by atoms with Gasteiger partial charge in [0.2, 0.25) is 23.4 Å². The van der Waals surface area contributed by atoms with Gasteiger partial charge in [0, 0.05) is 34.6 Å². The predicted molar refractivity (Wildman–Crippen MR) is 121 cm³/mol. The van der Waals surface area contributed by atoms with E-state index in [0.717, 1.165) is 45.8 Å². The second-order valence-electron chi connectivity index (χ2n) is 8.00. The molecule has 0 spiro atoms. The summed E-state index contributed by atoms with van der Waals surface area (Å²) in [6.45, 7) is 2.73. The first-order valence-electron chi connectivity index (χ1n) is 10.8. The summed E-state index contributed by atoms with van der Waals surface area (Å²) in [7, 11) is 0. The Hall–Kier alpha value is -3.37. The third kappa shape index (κ3) is 3.82. The number of rotatable bonds is 7. The van der Waals surface area contributed by atoms with Crippen molar-refractivity contribution in [1.29, 1.82) is 0 Å². The van der Waals surface area contributed by atoms with E-state index in [1.165, 1.54) is 18.5 Å². The Morgan fingerprint density at radius 3 is 2.91 bits per heavy atom. The molecule has 0 amide bonds. The van der Waals surface area contributed by atoms with Crippen LogP contribution in [0.1, 0.15) is 37.3 Å². The van der Waals surface area contributed by atoms with Gasteiger partial charge in [-0.05, 0) is 49.1 Å². The molecule has 1 saturated carbocycles. The number of amidine groups is 1. The van der Waals surface area contributed by atoms with Gasteiger partial charge in [-0.25, -0.2) is 9.89 Å². The van der Waals surface area contributed by atoms with Crippen LogP contribution >= 0.6 is 11.9 Å². The maximum atomic E-state index is 5.66. The van der Waals surface area contributed by atoms with Crippen molar-refractivity contribution >= 4 is 23.6 Å². The minimum atomic E-state index is 0.554. The van der Waals surface area contributed by atoms with Gasteiger partial charge >= 0.3 is 0 Å². The van der Waals surface area contributed by atoms with E-state index in [-0.39, 0.29) is 0 Å². The van der Waals surface area contributed by atoms with Crippen molar-refractivity contribution in [2.75, 3.05) is 11.9 Å². The smallest absolute Gasteiger partial charge is 0.247 e. The Labute approximate surface area is 189 Å². The van der Waals surface area contributed by atoms with Crippen LogP contribution in [0.2, 0.25) is 0 Å². The van der Waals surface area contributed by atoms with Crippen LogP contribution in [0.4, 0.5) is 5.82 Å². The normalized spacial score (nSPS) is 19.7. The first-order valence-corrected chi connectivity index (χ1v) is 11.5. The summed E-state index contributed by atoms with van der Waals surface area (Å²) in [6, 6.07) is 10.3. The van der Waals surface area contributed by atoms with Crippen LogP contribution in [0, 0.1) is 0 Å². The van der Waals surface area contributed by atoms with E-state index >= 15 is 0 Å². The van der Waals surface area contributed by atoms with Gasteiger partial charge in [0.05, 0.1) is 12.4 Å². The molecule has 3 aromatic rings. The summed E-state index contributed by atoms with van der Waals surface area (Å²) in [4.78, 5) is 6.79. The van der Waals surface area contributed by atoms with Gasteiger partial charge in [0.25, 0.3) is 0 Å². The van der Waals surface area contributed by atoms with Crippen LogP contribution < -0.4 is 10.2 Å². The number of aryl methyl sites for hydroxylation is 1. The predicted octanol–water partition coefficient (Wildman–Crippen LogP) is 2.90. The van der Waals surface area contributed by atoms with Crippen LogP contribution in [0.25, 0.3) is 11.5 Å². The van der Waals surface area contributed by atoms with Crippen molar-refractivity contribution in [2.24, 2.45) is 4.99 Å². The molecule has 9 nitrogen and oxygen atoms in total. The van der Waals surface area contributed by atoms with Crippen molar-refractivity contribution in [3.8, 4) is 11.5 Å². The lowest BCUT2D eigenvalue weighted by Crippen LogP contribution is -3.10. The molecule has 3 aliphatic rings. The van der Waals surface area contributed by atoms with Crippen LogP contribution in [-0.2, 0) is 6.42 Å². The zero-order valence-electron chi connectivity index (χ0n) is 17.6. The first-order chi connectivity index (χ1) is 15.7. The molecule has 2 aromatic heterocycles. The number of anilines is 1. The summed E-state index contributed by atoms with van der Waals surface area (Å²) >= 11 is 1.66. The number of aliphatic imine (C=N–C) groups is 1. The quantitative estimate of drug-likeness (QED) is 0.479. The topological polar surface area (TPSA) is 99.7 Å². The van der Waals surface area contributed by atoms with Crippen LogP contribution in [0.5, 0.6) is 0 Å². The van der Waals surface area contributed by atoms with Crippen LogP contribution in [0.15, 0.2) is 69.1 Å². The Kier molecular flexibility index (Phi) is 4.80. The second kappa shape index (κ2) is 7.95. The third-order valence-corrected chi connectivity index (χ3v) is 6.57. The highest BCUT2D eigenvalue weighted by molar-refractivity contribution is 7.97. The summed E-state index contributed by atoms with van der Waals surface area (Å²) in [5.74, 6) is 4.74. The standard InChI is InChI=1S/C22H22N8OS/c1-2-21-27-28-22(31-21)15-5-7-16(8-6-15)32-29-12-19-23-9-10-30(19)20(13-29)24-18-11-17(25-26-18)14-3-4-14/h5-11,13-14H,2-4,12H2,1H3,(H2,24,25,26)/p+1. The lowest BCUT2D eigenvalue weighted by molar-refractivity contribution is -0.699. The summed E-state index contributed by atoms with van der Waals surface area (Å²) in [5.41, 5.74) is 2.13. The molecule has 1 aliphatic carbocycles. The molecular formula is C22H23N8OS+. The molecule has 10 heteroatoms. The average Bonchev–Trinajstić information content (AvgIpc) is 3.19. The van der Waals surface area contributed by atoms with E-state index in [9.17, 15) is 0 Å². The van der Waals surface area contributed by atoms with Crippen molar-refractivity contribution < 1.29 is 9.32 Å². The van der Waals surface area contributed by atoms with Gasteiger partial charge in [-0.15, -0.1) is 10.2 Å². The summed E-state index contributed by atoms with van der Waals surface area (Å²) in [5, 5.41) is 19.2. The molecule has 1 fully saturated rings. The highest BCUT2D eigenvalue weighted by atomic mass is 32.2. The number of nitrogens with one attached hydrogen (secondary N) is 3. The Bertz CT molecular complexity index is 1220. The maximum Gasteiger partial charge on any atom is 0.247 e. The van der Waals surface area contributed by atoms with Gasteiger partial charge in [0.15, 0.2) is 5.82 Å². The molecule has 0 bridgehead atoms. The highest BCUT2D eigenvalue weighted by Crippen LogP contribution is 2.39. The summed E-state index contributed by atoms with van der Waals surface area (Å²) in [6.07, 6.45) is 9.26. The molecule has 32 heavy (non-hydrogen) atoms. The lowest BCUT2D eigenvalue weighted by Gasteiger charge is -2.27. The molecule has 1 unspecified atom stereocenters. The van der Waals surface area contributed by atoms with E-state index < -0.39 is 0 Å². The van der Waals surface area contributed by atoms with Gasteiger partial charge in [-0.1, -0.05) is 6.92 Å². The molecule has 6 rings (SSSR count). The number of aromatic nitrogens is 4. The fourth-order valence-corrected chi connectivity index (χ4v) is 4.63. The number of H-pyrrole nitrogens is 1. The SMILES string of the molecule is CCc1nnc(-c2ccc(SN3C=C(Nc4cc(C5CC5)[nH]n4)[NH+]4C=CN=C4C3)cc2)o1. The number of hydrogen-bond donors (Lipinski definition) is 3. The molecule has 4 heterocycles. The van der Waals surface area contributed by atoms with E-state index in [1.807, 2.05) is 31.5 Å². The molecule has 0 saturated heterocycles. The van der Waals surface area contributed by atoms with Crippen molar-refractivity contribution in [3.05, 3.63) is 66.3 Å². The monoisotopic (exact) mass is 447 g/mol. The Balaban J connectivity index is 1.19. The van der Waals surface area contributed by atoms with E-state index in [2.05, 4.69) is 59.4 Å². The zero-order chi connectivity index (χ0) is 21.5. The largest absolute Gasteiger partial charge is 0.421 e. The molecule has 0 radical (unpaired) electrons. The molecule has 1 aromatic carbocycles. The number of fused-ring (bicyclic) bond motifs is 1. The van der Waals surface area contributed by atoms with Crippen molar-refractivity contribution in [2.45, 2.75) is 37.0 Å². The highest BCUT2D eigenvalue weighted by Gasteiger charge is 2.32. The maximum absolute atomic E-state index is 5.66. The van der Waals surface area contributed by atoms with Crippen LogP contribution in [-0.4, -0.2) is 37.1 Å². The average molecular weight is 448 g/mol. The minimum Gasteiger partial charge on any atom is -0.421 e. The van der Waals surface area contributed by atoms with Gasteiger partial charge in [-0.2, -0.15) is 5.10 Å². The van der Waals surface area contributed by atoms with Crippen LogP contribution in [0.3, 0.4) is 0 Å². The fraction of sp³-hybridized carbons (Fsp3) is 0.273. The number of quaternary nitrogens is 1. The number of hydrogen-bond acceptors (Lipinski definition) is 8. The Morgan fingerprint density at radius 1 is 1.25 bits per heavy atom. The van der Waals surface area contributed by atoms with Gasteiger partial charge < -0.3 is 4.42 Å². The number of aromatic amines is 1. The second-order valence-corrected chi connectivity index (χ2v) is 9.12. The Morgan fingerprint density at radius 2 is 2.12 bits per heavy atom. The summed E-state index contributed by atoms with van der Waals surface area (Å²) < 4.78 is 7.84. The molecule has 1 atom stereocenters. The number of nitrogens with zero attached hydrogens (tertiary/aromatic N) is 5. The van der Waals surface area contributed by atoms with Crippen molar-refractivity contribution in [3.63, 3.8) is 0 Å². The molecule has 2 aliphatic heterocycles. The van der Waals surface area contributed by atoms with Gasteiger partial charge in [-0.3, -0.25) is 14.7 Å². The molecular weight excluding hydrogens is 424 g/mol. The third-order valence-electron chi connectivity index (χ3n) is 5.62.